The van der Waals surface area contributed by atoms with Gasteiger partial charge < -0.3 is 15.4 Å². The van der Waals surface area contributed by atoms with Gasteiger partial charge in [-0.1, -0.05) is 0 Å². The van der Waals surface area contributed by atoms with Gasteiger partial charge in [0.05, 0.1) is 6.61 Å². The van der Waals surface area contributed by atoms with Crippen LogP contribution in [-0.4, -0.2) is 31.7 Å². The number of hydrogen-bond acceptors (Lipinski definition) is 3. The fraction of sp³-hybridized carbons (Fsp3) is 0.571. The molecule has 1 aromatic rings. The van der Waals surface area contributed by atoms with Crippen LogP contribution in [0.15, 0.2) is 18.2 Å². The lowest BCUT2D eigenvalue weighted by Gasteiger charge is -2.27. The van der Waals surface area contributed by atoms with Crippen molar-refractivity contribution in [3.8, 4) is 0 Å². The van der Waals surface area contributed by atoms with E-state index in [1.165, 1.54) is 12.5 Å². The van der Waals surface area contributed by atoms with Crippen molar-refractivity contribution in [1.29, 1.82) is 0 Å². The summed E-state index contributed by atoms with van der Waals surface area (Å²) in [4.78, 5) is 2.20. The van der Waals surface area contributed by atoms with Crippen LogP contribution in [0.2, 0.25) is 0 Å². The molecule has 1 fully saturated rings. The minimum Gasteiger partial charge on any atom is -0.399 e. The number of hydrogen-bond donors (Lipinski definition) is 1. The monoisotopic (exact) mass is 252 g/mol. The van der Waals surface area contributed by atoms with Crippen molar-refractivity contribution in [3.05, 3.63) is 29.6 Å². The van der Waals surface area contributed by atoms with E-state index in [4.69, 9.17) is 10.5 Å². The summed E-state index contributed by atoms with van der Waals surface area (Å²) >= 11 is 0. The first kappa shape index (κ1) is 13.3. The van der Waals surface area contributed by atoms with Gasteiger partial charge in [0, 0.05) is 25.4 Å². The number of benzene rings is 1. The predicted molar refractivity (Wildman–Crippen MR) is 70.7 cm³/mol. The zero-order valence-electron chi connectivity index (χ0n) is 10.9. The summed E-state index contributed by atoms with van der Waals surface area (Å²) in [5.41, 5.74) is 7.05. The fourth-order valence-corrected chi connectivity index (χ4v) is 2.54. The molecule has 1 unspecified atom stereocenters. The Kier molecular flexibility index (Phi) is 4.55. The Hall–Kier alpha value is -1.13. The first-order valence-corrected chi connectivity index (χ1v) is 6.45. The number of halogens is 1. The summed E-state index contributed by atoms with van der Waals surface area (Å²) in [7, 11) is 2.05. The molecule has 3 nitrogen and oxygen atoms in total. The molecule has 0 amide bonds. The standard InChI is InChI=1S/C14H21FN2O/c1-17(8-11-3-2-4-18-10-11)9-12-5-13(15)7-14(16)6-12/h5-7,11H,2-4,8-10,16H2,1H3. The minimum atomic E-state index is -0.264. The Morgan fingerprint density at radius 2 is 2.28 bits per heavy atom. The average molecular weight is 252 g/mol. The number of nitrogens with two attached hydrogens (primary N) is 1. The molecule has 0 bridgehead atoms. The van der Waals surface area contributed by atoms with Crippen molar-refractivity contribution in [1.82, 2.24) is 4.90 Å². The quantitative estimate of drug-likeness (QED) is 0.835. The van der Waals surface area contributed by atoms with Gasteiger partial charge in [0.25, 0.3) is 0 Å². The van der Waals surface area contributed by atoms with E-state index in [1.807, 2.05) is 6.07 Å². The third-order valence-corrected chi connectivity index (χ3v) is 3.26. The van der Waals surface area contributed by atoms with Crippen LogP contribution in [0.3, 0.4) is 0 Å². The molecule has 4 heteroatoms. The molecule has 1 atom stereocenters. The normalized spacial score (nSPS) is 20.3. The van der Waals surface area contributed by atoms with E-state index in [0.717, 1.165) is 38.3 Å². The molecule has 0 saturated carbocycles. The summed E-state index contributed by atoms with van der Waals surface area (Å²) < 4.78 is 18.7. The zero-order valence-corrected chi connectivity index (χ0v) is 10.9. The van der Waals surface area contributed by atoms with Crippen LogP contribution in [-0.2, 0) is 11.3 Å². The second kappa shape index (κ2) is 6.16. The lowest BCUT2D eigenvalue weighted by atomic mass is 10.0. The summed E-state index contributed by atoms with van der Waals surface area (Å²) in [6, 6.07) is 4.72. The van der Waals surface area contributed by atoms with Gasteiger partial charge in [-0.05, 0) is 49.6 Å². The van der Waals surface area contributed by atoms with Gasteiger partial charge in [0.15, 0.2) is 0 Å². The molecule has 1 saturated heterocycles. The van der Waals surface area contributed by atoms with Crippen molar-refractivity contribution in [2.45, 2.75) is 19.4 Å². The van der Waals surface area contributed by atoms with Crippen LogP contribution in [0, 0.1) is 11.7 Å². The molecule has 1 aromatic carbocycles. The molecular weight excluding hydrogens is 231 g/mol. The van der Waals surface area contributed by atoms with Gasteiger partial charge in [-0.15, -0.1) is 0 Å². The van der Waals surface area contributed by atoms with E-state index in [-0.39, 0.29) is 5.82 Å². The van der Waals surface area contributed by atoms with Gasteiger partial charge in [0.2, 0.25) is 0 Å². The van der Waals surface area contributed by atoms with Crippen molar-refractivity contribution in [2.24, 2.45) is 5.92 Å². The molecular formula is C14H21FN2O. The predicted octanol–water partition coefficient (Wildman–Crippen LogP) is 2.27. The van der Waals surface area contributed by atoms with Gasteiger partial charge in [-0.2, -0.15) is 0 Å². The van der Waals surface area contributed by atoms with Gasteiger partial charge in [-0.25, -0.2) is 4.39 Å². The van der Waals surface area contributed by atoms with Crippen LogP contribution >= 0.6 is 0 Å². The molecule has 2 N–H and O–H groups in total. The van der Waals surface area contributed by atoms with E-state index < -0.39 is 0 Å². The Labute approximate surface area is 108 Å². The van der Waals surface area contributed by atoms with Gasteiger partial charge in [0.1, 0.15) is 5.82 Å². The molecule has 2 rings (SSSR count). The highest BCUT2D eigenvalue weighted by atomic mass is 19.1. The maximum absolute atomic E-state index is 13.2. The Balaban J connectivity index is 1.87. The van der Waals surface area contributed by atoms with Crippen molar-refractivity contribution >= 4 is 5.69 Å². The van der Waals surface area contributed by atoms with Gasteiger partial charge in [-0.3, -0.25) is 0 Å². The first-order chi connectivity index (χ1) is 8.63. The summed E-state index contributed by atoms with van der Waals surface area (Å²) in [5.74, 6) is 0.328. The molecule has 0 spiro atoms. The van der Waals surface area contributed by atoms with E-state index in [0.29, 0.717) is 11.6 Å². The van der Waals surface area contributed by atoms with E-state index in [1.54, 1.807) is 6.07 Å². The van der Waals surface area contributed by atoms with E-state index in [2.05, 4.69) is 11.9 Å². The highest BCUT2D eigenvalue weighted by molar-refractivity contribution is 5.41. The van der Waals surface area contributed by atoms with Gasteiger partial charge >= 0.3 is 0 Å². The number of nitrogens with zero attached hydrogens (tertiary/aromatic N) is 1. The number of ether oxygens (including phenoxy) is 1. The molecule has 1 heterocycles. The smallest absolute Gasteiger partial charge is 0.125 e. The summed E-state index contributed by atoms with van der Waals surface area (Å²) in [6.07, 6.45) is 2.36. The molecule has 1 aliphatic rings. The first-order valence-electron chi connectivity index (χ1n) is 6.45. The molecule has 18 heavy (non-hydrogen) atoms. The fourth-order valence-electron chi connectivity index (χ4n) is 2.54. The average Bonchev–Trinajstić information content (AvgIpc) is 2.28. The SMILES string of the molecule is CN(Cc1cc(N)cc(F)c1)CC1CCCOC1. The third-order valence-electron chi connectivity index (χ3n) is 3.26. The van der Waals surface area contributed by atoms with Crippen molar-refractivity contribution < 1.29 is 9.13 Å². The highest BCUT2D eigenvalue weighted by Crippen LogP contribution is 2.17. The summed E-state index contributed by atoms with van der Waals surface area (Å²) in [5, 5.41) is 0. The number of nitrogen functional groups attached to an aromatic ring is 1. The minimum absolute atomic E-state index is 0.264. The van der Waals surface area contributed by atoms with E-state index in [9.17, 15) is 4.39 Å². The number of anilines is 1. The molecule has 100 valence electrons. The van der Waals surface area contributed by atoms with Crippen molar-refractivity contribution in [3.63, 3.8) is 0 Å². The van der Waals surface area contributed by atoms with Crippen LogP contribution in [0.5, 0.6) is 0 Å². The zero-order chi connectivity index (χ0) is 13.0. The molecule has 0 aliphatic carbocycles. The van der Waals surface area contributed by atoms with Crippen LogP contribution in [0.4, 0.5) is 10.1 Å². The highest BCUT2D eigenvalue weighted by Gasteiger charge is 2.16. The lowest BCUT2D eigenvalue weighted by Crippen LogP contribution is -2.30. The molecule has 0 radical (unpaired) electrons. The largest absolute Gasteiger partial charge is 0.399 e. The van der Waals surface area contributed by atoms with Crippen molar-refractivity contribution in [2.75, 3.05) is 32.5 Å². The maximum atomic E-state index is 13.2. The lowest BCUT2D eigenvalue weighted by molar-refractivity contribution is 0.0411. The second-order valence-electron chi connectivity index (χ2n) is 5.17. The Bertz CT molecular complexity index is 371. The van der Waals surface area contributed by atoms with Crippen LogP contribution in [0.1, 0.15) is 18.4 Å². The second-order valence-corrected chi connectivity index (χ2v) is 5.17. The Morgan fingerprint density at radius 1 is 1.44 bits per heavy atom. The number of rotatable bonds is 4. The maximum Gasteiger partial charge on any atom is 0.125 e. The van der Waals surface area contributed by atoms with E-state index >= 15 is 0 Å². The Morgan fingerprint density at radius 3 is 2.94 bits per heavy atom. The van der Waals surface area contributed by atoms with Crippen LogP contribution < -0.4 is 5.73 Å². The topological polar surface area (TPSA) is 38.5 Å². The van der Waals surface area contributed by atoms with Crippen LogP contribution in [0.25, 0.3) is 0 Å². The molecule has 1 aliphatic heterocycles. The molecule has 0 aromatic heterocycles. The summed E-state index contributed by atoms with van der Waals surface area (Å²) in [6.45, 7) is 3.44. The third kappa shape index (κ3) is 3.96.